The van der Waals surface area contributed by atoms with Gasteiger partial charge in [0.1, 0.15) is 7.85 Å². The summed E-state index contributed by atoms with van der Waals surface area (Å²) in [7, 11) is 2.08. The van der Waals surface area contributed by atoms with Crippen LogP contribution in [0.1, 0.15) is 90.0 Å². The van der Waals surface area contributed by atoms with Crippen molar-refractivity contribution in [3.05, 3.63) is 0 Å². The van der Waals surface area contributed by atoms with E-state index in [9.17, 15) is 4.57 Å². The van der Waals surface area contributed by atoms with Crippen LogP contribution in [-0.4, -0.2) is 44.9 Å². The van der Waals surface area contributed by atoms with Crippen molar-refractivity contribution in [2.45, 2.75) is 120 Å². The highest BCUT2D eigenvalue weighted by molar-refractivity contribution is 8.44. The van der Waals surface area contributed by atoms with Gasteiger partial charge in [-0.3, -0.25) is 9.05 Å². The Labute approximate surface area is 216 Å². The third-order valence-corrected chi connectivity index (χ3v) is 9.33. The molecule has 0 aromatic heterocycles. The predicted molar refractivity (Wildman–Crippen MR) is 147 cm³/mol. The molecule has 2 fully saturated rings. The standard InChI is InChI=1S/C26H52BO5PS/c1-15-17(23(2,3)4)18(24(5,6)7)16(30-15)14-29-33(28,34)32-20-19(25(8,9)10)22(27)31-21(20)26(11,12)13/h15-22H,14,27H2,1-13H3,(H,28,34)/t15-,16+,17?,18-,19?,20+,21-,22+,33-/m0/s1. The van der Waals surface area contributed by atoms with E-state index in [4.69, 9.17) is 18.5 Å². The second kappa shape index (κ2) is 9.99. The number of hydrogen-bond donors (Lipinski definition) is 1. The van der Waals surface area contributed by atoms with Crippen molar-refractivity contribution in [3.63, 3.8) is 0 Å². The molecule has 9 atom stereocenters. The molecule has 0 aromatic rings. The molecule has 0 bridgehead atoms. The van der Waals surface area contributed by atoms with Crippen molar-refractivity contribution in [3.8, 4) is 0 Å². The van der Waals surface area contributed by atoms with E-state index in [2.05, 4.69) is 110 Å². The highest BCUT2D eigenvalue weighted by Crippen LogP contribution is 2.60. The molecule has 0 saturated carbocycles. The maximum absolute atomic E-state index is 13.6. The summed E-state index contributed by atoms with van der Waals surface area (Å²) in [4.78, 5) is 0. The van der Waals surface area contributed by atoms with Gasteiger partial charge >= 0.3 is 6.80 Å². The number of ether oxygens (including phenoxy) is 2. The summed E-state index contributed by atoms with van der Waals surface area (Å²) in [5.41, 5.74) is -0.154. The van der Waals surface area contributed by atoms with E-state index in [1.165, 1.54) is 0 Å². The Kier molecular flexibility index (Phi) is 9.02. The number of thiol groups is 1. The van der Waals surface area contributed by atoms with Crippen LogP contribution in [-0.2, 0) is 23.1 Å². The Hall–Kier alpha value is 0.485. The molecular weight excluding hydrogens is 466 g/mol. The summed E-state index contributed by atoms with van der Waals surface area (Å²) < 4.78 is 38.6. The van der Waals surface area contributed by atoms with Gasteiger partial charge in [0, 0.05) is 11.9 Å². The van der Waals surface area contributed by atoms with E-state index in [1.54, 1.807) is 0 Å². The quantitative estimate of drug-likeness (QED) is 0.252. The van der Waals surface area contributed by atoms with Gasteiger partial charge in [0.2, 0.25) is 0 Å². The Bertz CT molecular complexity index is 748. The molecule has 8 heteroatoms. The highest BCUT2D eigenvalue weighted by Gasteiger charge is 2.55. The molecule has 2 heterocycles. The molecule has 0 spiro atoms. The lowest BCUT2D eigenvalue weighted by Gasteiger charge is -2.41. The lowest BCUT2D eigenvalue weighted by Crippen LogP contribution is -2.43. The van der Waals surface area contributed by atoms with Crippen LogP contribution in [0.4, 0.5) is 0 Å². The molecule has 2 rings (SSSR count). The normalized spacial score (nSPS) is 37.7. The highest BCUT2D eigenvalue weighted by atomic mass is 32.7. The molecule has 2 aliphatic rings. The van der Waals surface area contributed by atoms with Gasteiger partial charge in [-0.25, -0.2) is 4.57 Å². The molecular formula is C26H52BO5PS. The summed E-state index contributed by atoms with van der Waals surface area (Å²) in [6.45, 7) is 25.2. The monoisotopic (exact) mass is 518 g/mol. The zero-order valence-electron chi connectivity index (χ0n) is 24.3. The Morgan fingerprint density at radius 1 is 0.794 bits per heavy atom. The Morgan fingerprint density at radius 2 is 1.26 bits per heavy atom. The van der Waals surface area contributed by atoms with Crippen LogP contribution >= 0.6 is 19.0 Å². The third kappa shape index (κ3) is 7.07. The molecule has 2 saturated heterocycles. The van der Waals surface area contributed by atoms with Crippen molar-refractivity contribution < 1.29 is 23.1 Å². The van der Waals surface area contributed by atoms with Crippen LogP contribution < -0.4 is 0 Å². The maximum atomic E-state index is 13.6. The number of rotatable bonds is 5. The molecule has 0 aliphatic carbocycles. The van der Waals surface area contributed by atoms with Gasteiger partial charge < -0.3 is 9.47 Å². The summed E-state index contributed by atoms with van der Waals surface area (Å²) in [5.74, 6) is 0.687. The molecule has 0 aromatic carbocycles. The Balaban J connectivity index is 2.24. The largest absolute Gasteiger partial charge is 0.386 e. The molecule has 0 N–H and O–H groups in total. The minimum absolute atomic E-state index is 0.0145. The first kappa shape index (κ1) is 30.7. The summed E-state index contributed by atoms with van der Waals surface area (Å²) in [6, 6.07) is -0.0145. The lowest BCUT2D eigenvalue weighted by atomic mass is 9.62. The van der Waals surface area contributed by atoms with E-state index >= 15 is 0 Å². The fraction of sp³-hybridized carbons (Fsp3) is 1.00. The third-order valence-electron chi connectivity index (χ3n) is 7.71. The van der Waals surface area contributed by atoms with Crippen LogP contribution in [0.25, 0.3) is 0 Å². The van der Waals surface area contributed by atoms with Gasteiger partial charge in [-0.15, -0.1) is 0 Å². The minimum Gasteiger partial charge on any atom is -0.380 e. The van der Waals surface area contributed by atoms with Crippen LogP contribution in [0.15, 0.2) is 0 Å². The smallest absolute Gasteiger partial charge is 0.380 e. The van der Waals surface area contributed by atoms with Crippen molar-refractivity contribution in [2.24, 2.45) is 39.4 Å². The van der Waals surface area contributed by atoms with Crippen molar-refractivity contribution >= 4 is 26.9 Å². The second-order valence-corrected chi connectivity index (χ2v) is 17.9. The second-order valence-electron chi connectivity index (χ2n) is 15.0. The fourth-order valence-corrected chi connectivity index (χ4v) is 8.14. The summed E-state index contributed by atoms with van der Waals surface area (Å²) in [5, 5.41) is 0. The van der Waals surface area contributed by atoms with Crippen LogP contribution in [0.3, 0.4) is 0 Å². The van der Waals surface area contributed by atoms with E-state index in [-0.39, 0.29) is 70.5 Å². The topological polar surface area (TPSA) is 54.0 Å². The van der Waals surface area contributed by atoms with Crippen LogP contribution in [0.5, 0.6) is 0 Å². The average Bonchev–Trinajstić information content (AvgIpc) is 3.08. The zero-order chi connectivity index (χ0) is 26.7. The molecule has 200 valence electrons. The Morgan fingerprint density at radius 3 is 1.68 bits per heavy atom. The first-order valence-electron chi connectivity index (χ1n) is 12.9. The molecule has 34 heavy (non-hydrogen) atoms. The van der Waals surface area contributed by atoms with Gasteiger partial charge in [0.15, 0.2) is 0 Å². The summed E-state index contributed by atoms with van der Waals surface area (Å²) in [6.07, 6.45) is -0.648. The summed E-state index contributed by atoms with van der Waals surface area (Å²) >= 11 is 4.44. The van der Waals surface area contributed by atoms with Crippen molar-refractivity contribution in [1.82, 2.24) is 0 Å². The van der Waals surface area contributed by atoms with Gasteiger partial charge in [-0.05, 0) is 40.4 Å². The average molecular weight is 519 g/mol. The number of hydrogen-bond acceptors (Lipinski definition) is 5. The zero-order valence-corrected chi connectivity index (χ0v) is 26.1. The van der Waals surface area contributed by atoms with Gasteiger partial charge in [0.25, 0.3) is 0 Å². The molecule has 0 amide bonds. The molecule has 0 radical (unpaired) electrons. The molecule has 2 aliphatic heterocycles. The van der Waals surface area contributed by atoms with Crippen LogP contribution in [0.2, 0.25) is 0 Å². The van der Waals surface area contributed by atoms with E-state index in [0.717, 1.165) is 0 Å². The van der Waals surface area contributed by atoms with Gasteiger partial charge in [-0.2, -0.15) is 0 Å². The molecule has 5 nitrogen and oxygen atoms in total. The maximum Gasteiger partial charge on any atom is 0.386 e. The van der Waals surface area contributed by atoms with E-state index in [0.29, 0.717) is 5.92 Å². The predicted octanol–water partition coefficient (Wildman–Crippen LogP) is 6.60. The van der Waals surface area contributed by atoms with Crippen LogP contribution in [0, 0.1) is 39.4 Å². The van der Waals surface area contributed by atoms with E-state index in [1.807, 2.05) is 0 Å². The van der Waals surface area contributed by atoms with Crippen molar-refractivity contribution in [2.75, 3.05) is 6.61 Å². The SMILES string of the molecule is B[C@@H]1O[C@H](C(C)(C)C)[C@H](O[P@@](=O)(S)OC[C@H]2O[C@@H](C)C(C(C)(C)C)[C@H]2C(C)(C)C)C1C(C)(C)C. The van der Waals surface area contributed by atoms with Gasteiger partial charge in [0.05, 0.1) is 31.0 Å². The molecule has 2 unspecified atom stereocenters. The first-order valence-corrected chi connectivity index (χ1v) is 15.6. The fourth-order valence-electron chi connectivity index (χ4n) is 6.67. The van der Waals surface area contributed by atoms with Gasteiger partial charge in [-0.1, -0.05) is 95.3 Å². The first-order chi connectivity index (χ1) is 15.0. The lowest BCUT2D eigenvalue weighted by molar-refractivity contribution is -0.0372. The minimum atomic E-state index is -3.66. The van der Waals surface area contributed by atoms with E-state index < -0.39 is 6.80 Å². The van der Waals surface area contributed by atoms with Crippen molar-refractivity contribution in [1.29, 1.82) is 0 Å².